The maximum atomic E-state index is 4.43. The number of aromatic nitrogens is 2. The standard InChI is InChI=1S/C14H21N3S/c1-4-7-17-10-12(9-16-17)13(15-5-2)14-11(3)6-8-18-14/h6,8-10,13,15H,4-5,7H2,1-3H3. The Morgan fingerprint density at radius 2 is 2.28 bits per heavy atom. The van der Waals surface area contributed by atoms with Gasteiger partial charge in [-0.25, -0.2) is 0 Å². The largest absolute Gasteiger partial charge is 0.306 e. The molecule has 3 nitrogen and oxygen atoms in total. The number of thiophene rings is 1. The lowest BCUT2D eigenvalue weighted by molar-refractivity contribution is 0.598. The van der Waals surface area contributed by atoms with Crippen LogP contribution in [0.2, 0.25) is 0 Å². The number of aryl methyl sites for hydroxylation is 2. The van der Waals surface area contributed by atoms with Gasteiger partial charge in [0, 0.05) is 23.2 Å². The second-order valence-electron chi connectivity index (χ2n) is 4.50. The van der Waals surface area contributed by atoms with Crippen molar-refractivity contribution in [2.75, 3.05) is 6.54 Å². The lowest BCUT2D eigenvalue weighted by atomic mass is 10.1. The summed E-state index contributed by atoms with van der Waals surface area (Å²) in [5.41, 5.74) is 2.62. The molecule has 0 aliphatic carbocycles. The third-order valence-electron chi connectivity index (χ3n) is 3.01. The highest BCUT2D eigenvalue weighted by atomic mass is 32.1. The molecule has 2 aromatic rings. The minimum Gasteiger partial charge on any atom is -0.306 e. The van der Waals surface area contributed by atoms with Crippen LogP contribution in [0, 0.1) is 6.92 Å². The van der Waals surface area contributed by atoms with Gasteiger partial charge in [-0.1, -0.05) is 13.8 Å². The monoisotopic (exact) mass is 263 g/mol. The molecular weight excluding hydrogens is 242 g/mol. The zero-order chi connectivity index (χ0) is 13.0. The van der Waals surface area contributed by atoms with Crippen molar-refractivity contribution >= 4 is 11.3 Å². The molecule has 0 radical (unpaired) electrons. The van der Waals surface area contributed by atoms with Crippen LogP contribution in [0.15, 0.2) is 23.8 Å². The molecule has 1 unspecified atom stereocenters. The van der Waals surface area contributed by atoms with Crippen LogP contribution in [-0.4, -0.2) is 16.3 Å². The number of hydrogen-bond donors (Lipinski definition) is 1. The Morgan fingerprint density at radius 3 is 2.89 bits per heavy atom. The first-order valence-corrected chi connectivity index (χ1v) is 7.44. The van der Waals surface area contributed by atoms with Crippen LogP contribution in [-0.2, 0) is 6.54 Å². The molecule has 2 heterocycles. The highest BCUT2D eigenvalue weighted by Gasteiger charge is 2.17. The fourth-order valence-electron chi connectivity index (χ4n) is 2.13. The maximum absolute atomic E-state index is 4.43. The van der Waals surface area contributed by atoms with E-state index in [2.05, 4.69) is 48.8 Å². The van der Waals surface area contributed by atoms with Crippen molar-refractivity contribution in [3.8, 4) is 0 Å². The van der Waals surface area contributed by atoms with Crippen molar-refractivity contribution in [3.05, 3.63) is 39.8 Å². The van der Waals surface area contributed by atoms with E-state index in [0.717, 1.165) is 19.5 Å². The van der Waals surface area contributed by atoms with E-state index in [1.54, 1.807) is 0 Å². The summed E-state index contributed by atoms with van der Waals surface area (Å²) in [6.07, 6.45) is 5.27. The number of hydrogen-bond acceptors (Lipinski definition) is 3. The predicted molar refractivity (Wildman–Crippen MR) is 77.1 cm³/mol. The second-order valence-corrected chi connectivity index (χ2v) is 5.44. The third kappa shape index (κ3) is 2.82. The van der Waals surface area contributed by atoms with Crippen LogP contribution < -0.4 is 5.32 Å². The van der Waals surface area contributed by atoms with Crippen molar-refractivity contribution < 1.29 is 0 Å². The second kappa shape index (κ2) is 6.16. The molecule has 18 heavy (non-hydrogen) atoms. The molecule has 0 saturated carbocycles. The molecule has 0 amide bonds. The lowest BCUT2D eigenvalue weighted by Gasteiger charge is -2.16. The Bertz CT molecular complexity index is 487. The molecule has 1 atom stereocenters. The summed E-state index contributed by atoms with van der Waals surface area (Å²) < 4.78 is 2.03. The van der Waals surface area contributed by atoms with Gasteiger partial charge >= 0.3 is 0 Å². The van der Waals surface area contributed by atoms with Crippen LogP contribution >= 0.6 is 11.3 Å². The zero-order valence-electron chi connectivity index (χ0n) is 11.3. The molecule has 0 bridgehead atoms. The summed E-state index contributed by atoms with van der Waals surface area (Å²) in [6.45, 7) is 8.44. The van der Waals surface area contributed by atoms with Gasteiger partial charge < -0.3 is 5.32 Å². The predicted octanol–water partition coefficient (Wildman–Crippen LogP) is 3.36. The molecule has 0 saturated heterocycles. The molecule has 2 rings (SSSR count). The Hall–Kier alpha value is -1.13. The van der Waals surface area contributed by atoms with Crippen LogP contribution in [0.3, 0.4) is 0 Å². The topological polar surface area (TPSA) is 29.9 Å². The van der Waals surface area contributed by atoms with E-state index >= 15 is 0 Å². The van der Waals surface area contributed by atoms with E-state index in [-0.39, 0.29) is 6.04 Å². The molecule has 2 aromatic heterocycles. The van der Waals surface area contributed by atoms with E-state index in [4.69, 9.17) is 0 Å². The molecular formula is C14H21N3S. The highest BCUT2D eigenvalue weighted by Crippen LogP contribution is 2.29. The van der Waals surface area contributed by atoms with Crippen LogP contribution in [0.25, 0.3) is 0 Å². The van der Waals surface area contributed by atoms with Crippen molar-refractivity contribution in [1.29, 1.82) is 0 Å². The fourth-order valence-corrected chi connectivity index (χ4v) is 3.15. The minimum atomic E-state index is 0.278. The number of rotatable bonds is 6. The van der Waals surface area contributed by atoms with Crippen LogP contribution in [0.1, 0.15) is 42.3 Å². The zero-order valence-corrected chi connectivity index (χ0v) is 12.1. The van der Waals surface area contributed by atoms with Crippen molar-refractivity contribution in [1.82, 2.24) is 15.1 Å². The number of nitrogens with one attached hydrogen (secondary N) is 1. The Kier molecular flexibility index (Phi) is 4.55. The van der Waals surface area contributed by atoms with Gasteiger partial charge in [-0.15, -0.1) is 11.3 Å². The van der Waals surface area contributed by atoms with Gasteiger partial charge in [0.2, 0.25) is 0 Å². The third-order valence-corrected chi connectivity index (χ3v) is 4.10. The van der Waals surface area contributed by atoms with E-state index < -0.39 is 0 Å². The van der Waals surface area contributed by atoms with Gasteiger partial charge in [-0.2, -0.15) is 5.10 Å². The summed E-state index contributed by atoms with van der Waals surface area (Å²) in [5.74, 6) is 0. The molecule has 0 aliphatic rings. The van der Waals surface area contributed by atoms with Crippen LogP contribution in [0.5, 0.6) is 0 Å². The average molecular weight is 263 g/mol. The van der Waals surface area contributed by atoms with Gasteiger partial charge in [-0.3, -0.25) is 4.68 Å². The quantitative estimate of drug-likeness (QED) is 0.866. The summed E-state index contributed by atoms with van der Waals surface area (Å²) in [5, 5.41) is 10.1. The molecule has 98 valence electrons. The van der Waals surface area contributed by atoms with Crippen molar-refractivity contribution in [2.24, 2.45) is 0 Å². The number of nitrogens with zero attached hydrogens (tertiary/aromatic N) is 2. The van der Waals surface area contributed by atoms with Gasteiger partial charge in [0.25, 0.3) is 0 Å². The summed E-state index contributed by atoms with van der Waals surface area (Å²) in [4.78, 5) is 1.40. The Labute approximate surface area is 113 Å². The minimum absolute atomic E-state index is 0.278. The van der Waals surface area contributed by atoms with E-state index in [9.17, 15) is 0 Å². The summed E-state index contributed by atoms with van der Waals surface area (Å²) >= 11 is 1.82. The molecule has 0 aromatic carbocycles. The lowest BCUT2D eigenvalue weighted by Crippen LogP contribution is -2.21. The van der Waals surface area contributed by atoms with Gasteiger partial charge in [0.05, 0.1) is 12.2 Å². The Balaban J connectivity index is 2.26. The van der Waals surface area contributed by atoms with Gasteiger partial charge in [0.15, 0.2) is 0 Å². The first-order valence-electron chi connectivity index (χ1n) is 6.56. The normalized spacial score (nSPS) is 12.8. The van der Waals surface area contributed by atoms with Crippen molar-refractivity contribution in [2.45, 2.75) is 39.8 Å². The summed E-state index contributed by atoms with van der Waals surface area (Å²) in [6, 6.07) is 2.46. The van der Waals surface area contributed by atoms with Crippen molar-refractivity contribution in [3.63, 3.8) is 0 Å². The van der Waals surface area contributed by atoms with Gasteiger partial charge in [0.1, 0.15) is 0 Å². The Morgan fingerprint density at radius 1 is 1.44 bits per heavy atom. The summed E-state index contributed by atoms with van der Waals surface area (Å²) in [7, 11) is 0. The molecule has 4 heteroatoms. The maximum Gasteiger partial charge on any atom is 0.0704 e. The molecule has 1 N–H and O–H groups in total. The molecule has 0 fully saturated rings. The first kappa shape index (κ1) is 13.3. The SMILES string of the molecule is CCCn1cc(C(NCC)c2sccc2C)cn1. The molecule has 0 aliphatic heterocycles. The smallest absolute Gasteiger partial charge is 0.0704 e. The fraction of sp³-hybridized carbons (Fsp3) is 0.500. The van der Waals surface area contributed by atoms with Crippen LogP contribution in [0.4, 0.5) is 0 Å². The first-order chi connectivity index (χ1) is 8.76. The van der Waals surface area contributed by atoms with Gasteiger partial charge in [-0.05, 0) is 36.9 Å². The molecule has 0 spiro atoms. The average Bonchev–Trinajstić information content (AvgIpc) is 2.96. The van der Waals surface area contributed by atoms with E-state index in [0.29, 0.717) is 0 Å². The van der Waals surface area contributed by atoms with E-state index in [1.165, 1.54) is 16.0 Å². The highest BCUT2D eigenvalue weighted by molar-refractivity contribution is 7.10. The van der Waals surface area contributed by atoms with E-state index in [1.807, 2.05) is 22.2 Å².